The largest absolute Gasteiger partial charge is 0.497 e. The quantitative estimate of drug-likeness (QED) is 0.556. The molecule has 0 radical (unpaired) electrons. The molecule has 3 heterocycles. The molecule has 1 aliphatic heterocycles. The van der Waals surface area contributed by atoms with Gasteiger partial charge in [-0.05, 0) is 31.0 Å². The van der Waals surface area contributed by atoms with E-state index in [9.17, 15) is 13.2 Å². The molecule has 1 N–H and O–H groups in total. The molecule has 1 amide bonds. The Labute approximate surface area is 190 Å². The summed E-state index contributed by atoms with van der Waals surface area (Å²) in [6, 6.07) is 8.63. The first-order valence-corrected chi connectivity index (χ1v) is 12.6. The number of aryl methyl sites for hydroxylation is 1. The predicted octanol–water partition coefficient (Wildman–Crippen LogP) is 3.41. The number of sulfonamides is 1. The second-order valence-corrected chi connectivity index (χ2v) is 10.5. The predicted molar refractivity (Wildman–Crippen MR) is 120 cm³/mol. The van der Waals surface area contributed by atoms with E-state index in [0.717, 1.165) is 11.3 Å². The van der Waals surface area contributed by atoms with E-state index in [2.05, 4.69) is 15.5 Å². The minimum absolute atomic E-state index is 0.133. The second-order valence-electron chi connectivity index (χ2n) is 7.44. The van der Waals surface area contributed by atoms with Crippen molar-refractivity contribution in [3.05, 3.63) is 41.6 Å². The molecule has 1 atom stereocenters. The van der Waals surface area contributed by atoms with Gasteiger partial charge in [0.1, 0.15) is 9.96 Å². The number of hydrogen-bond acceptors (Lipinski definition) is 8. The maximum atomic E-state index is 13.2. The Bertz CT molecular complexity index is 1200. The number of methoxy groups -OCH3 is 1. The fraction of sp³-hybridized carbons (Fsp3) is 0.381. The summed E-state index contributed by atoms with van der Waals surface area (Å²) in [7, 11) is -2.17. The van der Waals surface area contributed by atoms with Gasteiger partial charge < -0.3 is 14.6 Å². The van der Waals surface area contributed by atoms with Crippen LogP contribution in [0.5, 0.6) is 5.75 Å². The van der Waals surface area contributed by atoms with E-state index in [4.69, 9.17) is 9.26 Å². The molecular formula is C21H24N4O5S2. The smallest absolute Gasteiger partial charge is 0.252 e. The van der Waals surface area contributed by atoms with E-state index in [1.165, 1.54) is 4.31 Å². The van der Waals surface area contributed by atoms with Gasteiger partial charge >= 0.3 is 0 Å². The number of nitrogens with zero attached hydrogens (tertiary/aromatic N) is 3. The highest BCUT2D eigenvalue weighted by Gasteiger charge is 2.34. The van der Waals surface area contributed by atoms with Gasteiger partial charge in [0.25, 0.3) is 10.0 Å². The number of rotatable bonds is 7. The number of thiophene rings is 1. The first kappa shape index (κ1) is 22.4. The van der Waals surface area contributed by atoms with Crippen molar-refractivity contribution in [3.63, 3.8) is 0 Å². The minimum atomic E-state index is -3.73. The highest BCUT2D eigenvalue weighted by Crippen LogP contribution is 2.31. The van der Waals surface area contributed by atoms with Crippen molar-refractivity contribution in [2.75, 3.05) is 25.5 Å². The lowest BCUT2D eigenvalue weighted by atomic mass is 9.98. The van der Waals surface area contributed by atoms with Crippen molar-refractivity contribution in [3.8, 4) is 17.1 Å². The number of hydrogen-bond donors (Lipinski definition) is 1. The summed E-state index contributed by atoms with van der Waals surface area (Å²) in [4.78, 5) is 17.1. The van der Waals surface area contributed by atoms with Crippen LogP contribution in [-0.2, 0) is 21.2 Å². The molecular weight excluding hydrogens is 452 g/mol. The van der Waals surface area contributed by atoms with Crippen LogP contribution in [0.1, 0.15) is 25.7 Å². The van der Waals surface area contributed by atoms with Crippen LogP contribution in [-0.4, -0.2) is 49.0 Å². The third kappa shape index (κ3) is 4.69. The number of ether oxygens (including phenoxy) is 1. The molecule has 0 saturated carbocycles. The Hall–Kier alpha value is -2.76. The summed E-state index contributed by atoms with van der Waals surface area (Å²) in [6.45, 7) is 2.41. The van der Waals surface area contributed by atoms with E-state index in [0.29, 0.717) is 54.5 Å². The summed E-state index contributed by atoms with van der Waals surface area (Å²) in [5.41, 5.74) is 1.21. The topological polar surface area (TPSA) is 115 Å². The number of piperidine rings is 1. The first-order chi connectivity index (χ1) is 15.4. The standard InChI is InChI=1S/C21H24N4O5S2/c1-3-18-23-20(24-30-18)15-10-19(31-13-15)32(27,28)25-9-5-6-14(12-25)21(26)22-16-7-4-8-17(11-16)29-2/h4,7-8,10-11,13-14H,3,5-6,9,12H2,1-2H3,(H,22,26)/t14-/m0/s1. The van der Waals surface area contributed by atoms with Crippen molar-refractivity contribution < 1.29 is 22.5 Å². The molecule has 170 valence electrons. The van der Waals surface area contributed by atoms with Crippen molar-refractivity contribution in [2.45, 2.75) is 30.4 Å². The first-order valence-electron chi connectivity index (χ1n) is 10.3. The van der Waals surface area contributed by atoms with Crippen molar-refractivity contribution in [1.82, 2.24) is 14.4 Å². The lowest BCUT2D eigenvalue weighted by Crippen LogP contribution is -2.43. The van der Waals surface area contributed by atoms with Crippen LogP contribution >= 0.6 is 11.3 Å². The summed E-state index contributed by atoms with van der Waals surface area (Å²) in [5.74, 6) is 0.861. The average molecular weight is 477 g/mol. The molecule has 1 fully saturated rings. The zero-order valence-corrected chi connectivity index (χ0v) is 19.4. The maximum absolute atomic E-state index is 13.2. The number of aromatic nitrogens is 2. The van der Waals surface area contributed by atoms with Crippen LogP contribution < -0.4 is 10.1 Å². The number of carbonyl (C=O) groups is 1. The van der Waals surface area contributed by atoms with Crippen molar-refractivity contribution in [2.24, 2.45) is 5.92 Å². The molecule has 1 aromatic carbocycles. The molecule has 11 heteroatoms. The molecule has 0 unspecified atom stereocenters. The highest BCUT2D eigenvalue weighted by atomic mass is 32.2. The van der Waals surface area contributed by atoms with Crippen LogP contribution in [0.25, 0.3) is 11.4 Å². The lowest BCUT2D eigenvalue weighted by Gasteiger charge is -2.30. The Morgan fingerprint density at radius 3 is 2.97 bits per heavy atom. The van der Waals surface area contributed by atoms with Gasteiger partial charge in [0, 0.05) is 42.2 Å². The van der Waals surface area contributed by atoms with E-state index in [-0.39, 0.29) is 16.7 Å². The van der Waals surface area contributed by atoms with Gasteiger partial charge in [-0.25, -0.2) is 8.42 Å². The summed E-state index contributed by atoms with van der Waals surface area (Å²) >= 11 is 1.11. The van der Waals surface area contributed by atoms with E-state index >= 15 is 0 Å². The van der Waals surface area contributed by atoms with Gasteiger partial charge in [-0.3, -0.25) is 4.79 Å². The Kier molecular flexibility index (Phi) is 6.58. The van der Waals surface area contributed by atoms with Crippen LogP contribution in [0.2, 0.25) is 0 Å². The van der Waals surface area contributed by atoms with E-state index in [1.807, 2.05) is 6.92 Å². The normalized spacial score (nSPS) is 17.2. The summed E-state index contributed by atoms with van der Waals surface area (Å²) in [6.07, 6.45) is 1.84. The van der Waals surface area contributed by atoms with Gasteiger partial charge in [0.2, 0.25) is 17.6 Å². The number of carbonyl (C=O) groups excluding carboxylic acids is 1. The second kappa shape index (κ2) is 9.39. The number of nitrogens with one attached hydrogen (secondary N) is 1. The molecule has 0 aliphatic carbocycles. The van der Waals surface area contributed by atoms with E-state index < -0.39 is 15.9 Å². The van der Waals surface area contributed by atoms with Crippen molar-refractivity contribution in [1.29, 1.82) is 0 Å². The molecule has 2 aromatic heterocycles. The van der Waals surface area contributed by atoms with Crippen LogP contribution in [0.3, 0.4) is 0 Å². The highest BCUT2D eigenvalue weighted by molar-refractivity contribution is 7.91. The SMILES string of the molecule is CCc1nc(-c2csc(S(=O)(=O)N3CCC[C@H](C(=O)Nc4cccc(OC)c4)C3)c2)no1. The molecule has 4 rings (SSSR count). The van der Waals surface area contributed by atoms with E-state index in [1.54, 1.807) is 42.8 Å². The van der Waals surface area contributed by atoms with Gasteiger partial charge in [-0.15, -0.1) is 11.3 Å². The molecule has 0 spiro atoms. The van der Waals surface area contributed by atoms with Crippen molar-refractivity contribution >= 4 is 33.0 Å². The Morgan fingerprint density at radius 2 is 2.22 bits per heavy atom. The third-order valence-electron chi connectivity index (χ3n) is 5.29. The van der Waals surface area contributed by atoms with Gasteiger partial charge in [-0.1, -0.05) is 18.1 Å². The molecule has 0 bridgehead atoms. The van der Waals surface area contributed by atoms with Gasteiger partial charge in [0.05, 0.1) is 13.0 Å². The van der Waals surface area contributed by atoms with Crippen LogP contribution in [0, 0.1) is 5.92 Å². The zero-order chi connectivity index (χ0) is 22.7. The fourth-order valence-corrected chi connectivity index (χ4v) is 6.37. The molecule has 1 saturated heterocycles. The fourth-order valence-electron chi connectivity index (χ4n) is 3.53. The van der Waals surface area contributed by atoms with Gasteiger partial charge in [0.15, 0.2) is 0 Å². The van der Waals surface area contributed by atoms with Crippen LogP contribution in [0.15, 0.2) is 44.4 Å². The minimum Gasteiger partial charge on any atom is -0.497 e. The lowest BCUT2D eigenvalue weighted by molar-refractivity contribution is -0.120. The zero-order valence-electron chi connectivity index (χ0n) is 17.8. The maximum Gasteiger partial charge on any atom is 0.252 e. The summed E-state index contributed by atoms with van der Waals surface area (Å²) < 4.78 is 38.3. The van der Waals surface area contributed by atoms with Crippen LogP contribution in [0.4, 0.5) is 5.69 Å². The molecule has 1 aliphatic rings. The number of amides is 1. The number of benzene rings is 1. The Morgan fingerprint density at radius 1 is 1.38 bits per heavy atom. The molecule has 32 heavy (non-hydrogen) atoms. The average Bonchev–Trinajstić information content (AvgIpc) is 3.49. The molecule has 3 aromatic rings. The molecule has 9 nitrogen and oxygen atoms in total. The van der Waals surface area contributed by atoms with Gasteiger partial charge in [-0.2, -0.15) is 9.29 Å². The summed E-state index contributed by atoms with van der Waals surface area (Å²) in [5, 5.41) is 8.47. The monoisotopic (exact) mass is 476 g/mol. The Balaban J connectivity index is 1.46. The third-order valence-corrected chi connectivity index (χ3v) is 8.57. The number of anilines is 1.